The summed E-state index contributed by atoms with van der Waals surface area (Å²) in [5, 5.41) is 2.89. The van der Waals surface area contributed by atoms with E-state index >= 15 is 0 Å². The molecule has 2 aromatic carbocycles. The highest BCUT2D eigenvalue weighted by atomic mass is 32.2. The van der Waals surface area contributed by atoms with Crippen molar-refractivity contribution in [3.05, 3.63) is 99.9 Å². The number of hydrogen-bond donors (Lipinski definition) is 2. The Hall–Kier alpha value is -3.30. The van der Waals surface area contributed by atoms with E-state index in [1.54, 1.807) is 24.3 Å². The topological polar surface area (TPSA) is 96.3 Å². The largest absolute Gasteiger partial charge is 0.294 e. The van der Waals surface area contributed by atoms with Gasteiger partial charge >= 0.3 is 0 Å². The fourth-order valence-electron chi connectivity index (χ4n) is 3.25. The molecular formula is C21H19FN4O3S. The fraction of sp³-hybridized carbons (Fsp3) is 0.143. The lowest BCUT2D eigenvalue weighted by atomic mass is 10.0. The highest BCUT2D eigenvalue weighted by Gasteiger charge is 2.23. The van der Waals surface area contributed by atoms with Crippen molar-refractivity contribution in [2.24, 2.45) is 0 Å². The maximum Gasteiger partial charge on any atom is 0.272 e. The third kappa shape index (κ3) is 4.17. The maximum atomic E-state index is 13.4. The summed E-state index contributed by atoms with van der Waals surface area (Å²) in [5.41, 5.74) is 1.90. The molecule has 0 amide bonds. The number of H-pyrrole nitrogens is 1. The van der Waals surface area contributed by atoms with E-state index in [0.29, 0.717) is 16.9 Å². The normalized spacial score (nSPS) is 12.9. The number of nitrogens with one attached hydrogen (secondary N) is 2. The van der Waals surface area contributed by atoms with Crippen LogP contribution in [0.15, 0.2) is 76.4 Å². The van der Waals surface area contributed by atoms with Crippen LogP contribution in [-0.4, -0.2) is 23.0 Å². The van der Waals surface area contributed by atoms with Gasteiger partial charge in [0.05, 0.1) is 16.6 Å². The summed E-state index contributed by atoms with van der Waals surface area (Å²) < 4.78 is 43.1. The van der Waals surface area contributed by atoms with Crippen LogP contribution in [0.2, 0.25) is 0 Å². The Morgan fingerprint density at radius 3 is 2.50 bits per heavy atom. The Morgan fingerprint density at radius 1 is 1.10 bits per heavy atom. The van der Waals surface area contributed by atoms with Gasteiger partial charge in [0.15, 0.2) is 5.65 Å². The third-order valence-electron chi connectivity index (χ3n) is 4.67. The van der Waals surface area contributed by atoms with E-state index in [1.807, 2.05) is 6.92 Å². The van der Waals surface area contributed by atoms with E-state index in [4.69, 9.17) is 0 Å². The number of benzene rings is 2. The zero-order chi connectivity index (χ0) is 21.3. The number of aromatic nitrogens is 3. The van der Waals surface area contributed by atoms with Gasteiger partial charge in [0.2, 0.25) is 10.0 Å². The molecule has 0 bridgehead atoms. The van der Waals surface area contributed by atoms with Crippen LogP contribution in [0.3, 0.4) is 0 Å². The van der Waals surface area contributed by atoms with Crippen LogP contribution in [0.5, 0.6) is 0 Å². The average Bonchev–Trinajstić information content (AvgIpc) is 3.09. The SMILES string of the molecule is Cc1cc2nc(CC(NS(=O)(=O)c3ccccc3)c3ccc(F)cc3)cc(=O)n2[nH]1. The van der Waals surface area contributed by atoms with Gasteiger partial charge in [0.1, 0.15) is 5.82 Å². The molecule has 1 unspecified atom stereocenters. The van der Waals surface area contributed by atoms with Crippen LogP contribution in [0.25, 0.3) is 5.65 Å². The lowest BCUT2D eigenvalue weighted by Crippen LogP contribution is -2.31. The molecule has 2 N–H and O–H groups in total. The van der Waals surface area contributed by atoms with Crippen LogP contribution < -0.4 is 10.3 Å². The molecule has 0 aliphatic heterocycles. The zero-order valence-corrected chi connectivity index (χ0v) is 16.9. The van der Waals surface area contributed by atoms with Gasteiger partial charge in [-0.15, -0.1) is 0 Å². The minimum atomic E-state index is -3.85. The van der Waals surface area contributed by atoms with Crippen molar-refractivity contribution < 1.29 is 12.8 Å². The Balaban J connectivity index is 1.72. The molecule has 0 fully saturated rings. The van der Waals surface area contributed by atoms with Crippen LogP contribution in [0.4, 0.5) is 4.39 Å². The summed E-state index contributed by atoms with van der Waals surface area (Å²) in [6, 6.07) is 15.9. The Bertz CT molecular complexity index is 1350. The van der Waals surface area contributed by atoms with E-state index in [1.165, 1.54) is 47.0 Å². The number of fused-ring (bicyclic) bond motifs is 1. The molecule has 0 aliphatic rings. The second-order valence-electron chi connectivity index (χ2n) is 6.96. The van der Waals surface area contributed by atoms with Crippen molar-refractivity contribution in [2.75, 3.05) is 0 Å². The Morgan fingerprint density at radius 2 is 1.80 bits per heavy atom. The predicted molar refractivity (Wildman–Crippen MR) is 110 cm³/mol. The van der Waals surface area contributed by atoms with Crippen molar-refractivity contribution in [1.29, 1.82) is 0 Å². The highest BCUT2D eigenvalue weighted by molar-refractivity contribution is 7.89. The first-order chi connectivity index (χ1) is 14.3. The molecule has 0 aliphatic carbocycles. The van der Waals surface area contributed by atoms with Crippen molar-refractivity contribution in [1.82, 2.24) is 19.3 Å². The Labute approximate surface area is 172 Å². The molecule has 9 heteroatoms. The fourth-order valence-corrected chi connectivity index (χ4v) is 4.50. The van der Waals surface area contributed by atoms with Crippen molar-refractivity contribution in [2.45, 2.75) is 24.3 Å². The van der Waals surface area contributed by atoms with E-state index in [9.17, 15) is 17.6 Å². The number of nitrogens with zero attached hydrogens (tertiary/aromatic N) is 2. The van der Waals surface area contributed by atoms with E-state index < -0.39 is 21.9 Å². The summed E-state index contributed by atoms with van der Waals surface area (Å²) in [4.78, 5) is 17.0. The van der Waals surface area contributed by atoms with Gasteiger partial charge in [-0.1, -0.05) is 30.3 Å². The number of halogens is 1. The summed E-state index contributed by atoms with van der Waals surface area (Å²) in [5.74, 6) is -0.427. The van der Waals surface area contributed by atoms with Gasteiger partial charge in [0, 0.05) is 24.2 Å². The van der Waals surface area contributed by atoms with Crippen LogP contribution in [0.1, 0.15) is 23.0 Å². The molecular weight excluding hydrogens is 407 g/mol. The molecule has 2 heterocycles. The number of aromatic amines is 1. The number of rotatable bonds is 6. The molecule has 0 saturated heterocycles. The molecule has 30 heavy (non-hydrogen) atoms. The number of sulfonamides is 1. The second kappa shape index (κ2) is 7.85. The van der Waals surface area contributed by atoms with Crippen LogP contribution in [-0.2, 0) is 16.4 Å². The van der Waals surface area contributed by atoms with E-state index in [-0.39, 0.29) is 16.9 Å². The van der Waals surface area contributed by atoms with Crippen molar-refractivity contribution in [3.8, 4) is 0 Å². The molecule has 0 spiro atoms. The smallest absolute Gasteiger partial charge is 0.272 e. The summed E-state index contributed by atoms with van der Waals surface area (Å²) in [6.45, 7) is 1.81. The molecule has 1 atom stereocenters. The minimum Gasteiger partial charge on any atom is -0.294 e. The molecule has 2 aromatic heterocycles. The average molecular weight is 426 g/mol. The van der Waals surface area contributed by atoms with Gasteiger partial charge in [-0.2, -0.15) is 0 Å². The first-order valence-corrected chi connectivity index (χ1v) is 10.7. The first kappa shape index (κ1) is 20.0. The third-order valence-corrected chi connectivity index (χ3v) is 6.16. The Kier molecular flexibility index (Phi) is 5.23. The molecule has 0 radical (unpaired) electrons. The van der Waals surface area contributed by atoms with Crippen molar-refractivity contribution >= 4 is 15.7 Å². The van der Waals surface area contributed by atoms with E-state index in [0.717, 1.165) is 5.69 Å². The molecule has 4 aromatic rings. The van der Waals surface area contributed by atoms with E-state index in [2.05, 4.69) is 14.8 Å². The highest BCUT2D eigenvalue weighted by Crippen LogP contribution is 2.21. The van der Waals surface area contributed by atoms with Crippen molar-refractivity contribution in [3.63, 3.8) is 0 Å². The molecule has 7 nitrogen and oxygen atoms in total. The van der Waals surface area contributed by atoms with Crippen LogP contribution in [0, 0.1) is 12.7 Å². The number of aryl methyl sites for hydroxylation is 1. The second-order valence-corrected chi connectivity index (χ2v) is 8.68. The number of hydrogen-bond acceptors (Lipinski definition) is 4. The lowest BCUT2D eigenvalue weighted by molar-refractivity contribution is 0.552. The van der Waals surface area contributed by atoms with Gasteiger partial charge in [-0.05, 0) is 36.8 Å². The molecule has 4 rings (SSSR count). The van der Waals surface area contributed by atoms with Crippen LogP contribution >= 0.6 is 0 Å². The van der Waals surface area contributed by atoms with Gasteiger partial charge in [-0.25, -0.2) is 27.0 Å². The molecule has 154 valence electrons. The van der Waals surface area contributed by atoms with Gasteiger partial charge < -0.3 is 0 Å². The van der Waals surface area contributed by atoms with Gasteiger partial charge in [-0.3, -0.25) is 9.89 Å². The standard InChI is InChI=1S/C21H19FN4O3S/c1-14-11-20-23-17(13-21(27)26(20)24-14)12-19(15-7-9-16(22)10-8-15)25-30(28,29)18-5-3-2-4-6-18/h2-11,13,19,24-25H,12H2,1H3. The zero-order valence-electron chi connectivity index (χ0n) is 16.0. The first-order valence-electron chi connectivity index (χ1n) is 9.23. The predicted octanol–water partition coefficient (Wildman–Crippen LogP) is 2.73. The lowest BCUT2D eigenvalue weighted by Gasteiger charge is -2.19. The quantitative estimate of drug-likeness (QED) is 0.496. The summed E-state index contributed by atoms with van der Waals surface area (Å²) >= 11 is 0. The maximum absolute atomic E-state index is 13.4. The molecule has 0 saturated carbocycles. The summed E-state index contributed by atoms with van der Waals surface area (Å²) in [7, 11) is -3.85. The summed E-state index contributed by atoms with van der Waals surface area (Å²) in [6.07, 6.45) is 0.119. The van der Waals surface area contributed by atoms with Gasteiger partial charge in [0.25, 0.3) is 5.56 Å². The monoisotopic (exact) mass is 426 g/mol. The minimum absolute atomic E-state index is 0.113.